The first-order chi connectivity index (χ1) is 13.9. The molecular formula is C23H18Cl2N2O2. The number of benzene rings is 3. The summed E-state index contributed by atoms with van der Waals surface area (Å²) in [5, 5.41) is 11.7. The number of amides is 1. The van der Waals surface area contributed by atoms with Gasteiger partial charge in [0.25, 0.3) is 5.91 Å². The van der Waals surface area contributed by atoms with Crippen molar-refractivity contribution in [1.29, 1.82) is 5.26 Å². The Hall–Kier alpha value is -2.87. The third-order valence-electron chi connectivity index (χ3n) is 4.85. The van der Waals surface area contributed by atoms with Crippen molar-refractivity contribution in [3.8, 4) is 6.07 Å². The SMILES string of the molecule is CN(C[C@@H](CC=O)c1ccc(Cl)c(Cl)c1)C(=O)c1ccc2ccc(C#N)cc2c1. The molecule has 0 radical (unpaired) electrons. The van der Waals surface area contributed by atoms with Crippen molar-refractivity contribution in [2.75, 3.05) is 13.6 Å². The minimum Gasteiger partial charge on any atom is -0.341 e. The number of nitriles is 1. The van der Waals surface area contributed by atoms with Gasteiger partial charge in [-0.3, -0.25) is 4.79 Å². The molecule has 0 aromatic heterocycles. The largest absolute Gasteiger partial charge is 0.341 e. The molecule has 0 spiro atoms. The number of likely N-dealkylation sites (N-methyl/N-ethyl adjacent to an activating group) is 1. The average Bonchev–Trinajstić information content (AvgIpc) is 2.73. The summed E-state index contributed by atoms with van der Waals surface area (Å²) >= 11 is 12.1. The molecule has 0 aliphatic heterocycles. The van der Waals surface area contributed by atoms with Gasteiger partial charge < -0.3 is 9.69 Å². The zero-order valence-corrected chi connectivity index (χ0v) is 17.2. The molecule has 1 amide bonds. The van der Waals surface area contributed by atoms with Crippen LogP contribution in [0.1, 0.15) is 33.8 Å². The van der Waals surface area contributed by atoms with Gasteiger partial charge in [-0.05, 0) is 52.7 Å². The number of hydrogen-bond donors (Lipinski definition) is 0. The van der Waals surface area contributed by atoms with E-state index in [0.29, 0.717) is 27.7 Å². The maximum Gasteiger partial charge on any atom is 0.253 e. The van der Waals surface area contributed by atoms with E-state index >= 15 is 0 Å². The Morgan fingerprint density at radius 3 is 2.52 bits per heavy atom. The fourth-order valence-electron chi connectivity index (χ4n) is 3.28. The van der Waals surface area contributed by atoms with Gasteiger partial charge in [-0.15, -0.1) is 0 Å². The molecule has 29 heavy (non-hydrogen) atoms. The van der Waals surface area contributed by atoms with Gasteiger partial charge in [0, 0.05) is 31.5 Å². The summed E-state index contributed by atoms with van der Waals surface area (Å²) in [6.07, 6.45) is 1.10. The highest BCUT2D eigenvalue weighted by Crippen LogP contribution is 2.28. The molecule has 0 unspecified atom stereocenters. The first kappa shape index (κ1) is 20.9. The van der Waals surface area contributed by atoms with Crippen LogP contribution >= 0.6 is 23.2 Å². The molecule has 0 aliphatic carbocycles. The Morgan fingerprint density at radius 1 is 1.07 bits per heavy atom. The molecule has 1 atom stereocenters. The Bertz CT molecular complexity index is 1120. The van der Waals surface area contributed by atoms with Crippen LogP contribution in [-0.2, 0) is 4.79 Å². The summed E-state index contributed by atoms with van der Waals surface area (Å²) in [6.45, 7) is 0.353. The number of hydrogen-bond acceptors (Lipinski definition) is 3. The van der Waals surface area contributed by atoms with E-state index in [1.807, 2.05) is 18.2 Å². The number of aldehydes is 1. The van der Waals surface area contributed by atoms with E-state index in [1.54, 1.807) is 48.3 Å². The predicted octanol–water partition coefficient (Wildman–Crippen LogP) is 5.46. The van der Waals surface area contributed by atoms with E-state index in [0.717, 1.165) is 22.6 Å². The lowest BCUT2D eigenvalue weighted by Crippen LogP contribution is -2.31. The highest BCUT2D eigenvalue weighted by atomic mass is 35.5. The first-order valence-corrected chi connectivity index (χ1v) is 9.76. The Labute approximate surface area is 179 Å². The van der Waals surface area contributed by atoms with E-state index in [9.17, 15) is 9.59 Å². The first-order valence-electron chi connectivity index (χ1n) is 9.01. The molecule has 146 valence electrons. The summed E-state index contributed by atoms with van der Waals surface area (Å²) in [6, 6.07) is 18.1. The fraction of sp³-hybridized carbons (Fsp3) is 0.174. The molecule has 3 aromatic carbocycles. The third-order valence-corrected chi connectivity index (χ3v) is 5.59. The molecule has 0 fully saturated rings. The number of halogens is 2. The Balaban J connectivity index is 1.84. The van der Waals surface area contributed by atoms with Crippen molar-refractivity contribution in [1.82, 2.24) is 4.90 Å². The average molecular weight is 425 g/mol. The number of nitrogens with zero attached hydrogens (tertiary/aromatic N) is 2. The number of carbonyl (C=O) groups excluding carboxylic acids is 2. The molecular weight excluding hydrogens is 407 g/mol. The quantitative estimate of drug-likeness (QED) is 0.493. The van der Waals surface area contributed by atoms with Gasteiger partial charge in [0.15, 0.2) is 0 Å². The molecule has 0 N–H and O–H groups in total. The van der Waals surface area contributed by atoms with Crippen molar-refractivity contribution >= 4 is 46.2 Å². The van der Waals surface area contributed by atoms with Crippen LogP contribution < -0.4 is 0 Å². The van der Waals surface area contributed by atoms with E-state index in [-0.39, 0.29) is 18.2 Å². The van der Waals surface area contributed by atoms with Crippen molar-refractivity contribution in [2.45, 2.75) is 12.3 Å². The van der Waals surface area contributed by atoms with E-state index < -0.39 is 0 Å². The number of rotatable bonds is 6. The molecule has 6 heteroatoms. The molecule has 0 saturated heterocycles. The maximum atomic E-state index is 13.0. The van der Waals surface area contributed by atoms with Crippen LogP contribution in [0, 0.1) is 11.3 Å². The summed E-state index contributed by atoms with van der Waals surface area (Å²) in [4.78, 5) is 25.7. The van der Waals surface area contributed by atoms with E-state index in [2.05, 4.69) is 6.07 Å². The maximum absolute atomic E-state index is 13.0. The monoisotopic (exact) mass is 424 g/mol. The minimum atomic E-state index is -0.193. The number of fused-ring (bicyclic) bond motifs is 1. The molecule has 0 heterocycles. The lowest BCUT2D eigenvalue weighted by molar-refractivity contribution is -0.108. The van der Waals surface area contributed by atoms with E-state index in [1.165, 1.54) is 0 Å². The summed E-state index contributed by atoms with van der Waals surface area (Å²) in [5.74, 6) is -0.355. The zero-order valence-electron chi connectivity index (χ0n) is 15.7. The lowest BCUT2D eigenvalue weighted by atomic mass is 9.95. The highest BCUT2D eigenvalue weighted by Gasteiger charge is 2.19. The molecule has 0 saturated carbocycles. The lowest BCUT2D eigenvalue weighted by Gasteiger charge is -2.24. The van der Waals surface area contributed by atoms with Gasteiger partial charge in [0.1, 0.15) is 6.29 Å². The summed E-state index contributed by atoms with van der Waals surface area (Å²) in [5.41, 5.74) is 1.92. The second kappa shape index (κ2) is 9.09. The normalized spacial score (nSPS) is 11.7. The molecule has 0 aliphatic rings. The zero-order chi connectivity index (χ0) is 21.0. The second-order valence-electron chi connectivity index (χ2n) is 6.85. The molecule has 3 aromatic rings. The van der Waals surface area contributed by atoms with Gasteiger partial charge in [0.05, 0.1) is 21.7 Å². The van der Waals surface area contributed by atoms with Gasteiger partial charge in [-0.1, -0.05) is 41.4 Å². The van der Waals surface area contributed by atoms with Crippen LogP contribution in [0.2, 0.25) is 10.0 Å². The fourth-order valence-corrected chi connectivity index (χ4v) is 3.59. The molecule has 3 rings (SSSR count). The smallest absolute Gasteiger partial charge is 0.253 e. The predicted molar refractivity (Wildman–Crippen MR) is 116 cm³/mol. The second-order valence-corrected chi connectivity index (χ2v) is 7.66. The molecule has 4 nitrogen and oxygen atoms in total. The Morgan fingerprint density at radius 2 is 1.83 bits per heavy atom. The van der Waals surface area contributed by atoms with Crippen molar-refractivity contribution in [3.05, 3.63) is 81.3 Å². The van der Waals surface area contributed by atoms with Crippen molar-refractivity contribution in [2.24, 2.45) is 0 Å². The van der Waals surface area contributed by atoms with Crippen LogP contribution in [-0.4, -0.2) is 30.7 Å². The van der Waals surface area contributed by atoms with Gasteiger partial charge >= 0.3 is 0 Å². The molecule has 0 bridgehead atoms. The minimum absolute atomic E-state index is 0.162. The van der Waals surface area contributed by atoms with Crippen LogP contribution in [0.15, 0.2) is 54.6 Å². The van der Waals surface area contributed by atoms with Crippen LogP contribution in [0.3, 0.4) is 0 Å². The number of carbonyl (C=O) groups is 2. The highest BCUT2D eigenvalue weighted by molar-refractivity contribution is 6.42. The third kappa shape index (κ3) is 4.76. The van der Waals surface area contributed by atoms with Crippen LogP contribution in [0.25, 0.3) is 10.8 Å². The van der Waals surface area contributed by atoms with Crippen molar-refractivity contribution < 1.29 is 9.59 Å². The van der Waals surface area contributed by atoms with Crippen LogP contribution in [0.4, 0.5) is 0 Å². The standard InChI is InChI=1S/C23H18Cl2N2O2/c1-27(14-19(8-9-28)17-6-7-21(24)22(25)12-17)23(29)18-5-4-16-3-2-15(13-26)10-20(16)11-18/h2-7,9-12,19H,8,14H2,1H3/t19-/m1/s1. The summed E-state index contributed by atoms with van der Waals surface area (Å²) < 4.78 is 0. The van der Waals surface area contributed by atoms with Crippen LogP contribution in [0.5, 0.6) is 0 Å². The topological polar surface area (TPSA) is 61.2 Å². The summed E-state index contributed by atoms with van der Waals surface area (Å²) in [7, 11) is 1.70. The van der Waals surface area contributed by atoms with Crippen molar-refractivity contribution in [3.63, 3.8) is 0 Å². The van der Waals surface area contributed by atoms with Gasteiger partial charge in [0.2, 0.25) is 0 Å². The van der Waals surface area contributed by atoms with E-state index in [4.69, 9.17) is 28.5 Å². The van der Waals surface area contributed by atoms with Gasteiger partial charge in [-0.2, -0.15) is 5.26 Å². The Kier molecular flexibility index (Phi) is 6.53. The van der Waals surface area contributed by atoms with Gasteiger partial charge in [-0.25, -0.2) is 0 Å².